The maximum Gasteiger partial charge on any atom is 0.120 e. The lowest BCUT2D eigenvalue weighted by Crippen LogP contribution is -1.85. The highest BCUT2D eigenvalue weighted by molar-refractivity contribution is 5.79. The van der Waals surface area contributed by atoms with Crippen molar-refractivity contribution in [1.82, 2.24) is 4.98 Å². The zero-order chi connectivity index (χ0) is 9.80. The molecule has 2 aromatic rings. The molecule has 0 bridgehead atoms. The minimum absolute atomic E-state index is 0.656. The number of rotatable bonds is 4. The number of benzene rings is 1. The lowest BCUT2D eigenvalue weighted by atomic mass is 10.1. The average Bonchev–Trinajstić information content (AvgIpc) is 2.65. The summed E-state index contributed by atoms with van der Waals surface area (Å²) in [5, 5.41) is 1.24. The molecule has 1 N–H and O–H groups in total. The number of aromatic amines is 1. The summed E-state index contributed by atoms with van der Waals surface area (Å²) in [7, 11) is 0. The van der Waals surface area contributed by atoms with Crippen molar-refractivity contribution in [3.63, 3.8) is 0 Å². The first-order valence-electron chi connectivity index (χ1n) is 4.90. The van der Waals surface area contributed by atoms with E-state index in [1.54, 1.807) is 0 Å². The number of aldehydes is 1. The number of H-pyrrole nitrogens is 1. The number of nitrogens with one attached hydrogen (secondary N) is 1. The highest BCUT2D eigenvalue weighted by Gasteiger charge is 1.96. The molecule has 1 aromatic heterocycles. The number of aromatic nitrogens is 1. The predicted molar refractivity (Wildman–Crippen MR) is 57.3 cm³/mol. The lowest BCUT2D eigenvalue weighted by molar-refractivity contribution is -0.107. The van der Waals surface area contributed by atoms with Crippen molar-refractivity contribution in [2.75, 3.05) is 0 Å². The molecule has 0 amide bonds. The number of unbranched alkanes of at least 4 members (excludes halogenated alkanes) is 1. The van der Waals surface area contributed by atoms with Crippen molar-refractivity contribution >= 4 is 17.2 Å². The topological polar surface area (TPSA) is 32.9 Å². The molecule has 2 rings (SSSR count). The summed E-state index contributed by atoms with van der Waals surface area (Å²) in [6, 6.07) is 8.45. The summed E-state index contributed by atoms with van der Waals surface area (Å²) in [5.41, 5.74) is 2.47. The number of hydrogen-bond acceptors (Lipinski definition) is 1. The molecule has 0 aliphatic rings. The van der Waals surface area contributed by atoms with Gasteiger partial charge in [0, 0.05) is 18.1 Å². The van der Waals surface area contributed by atoms with E-state index in [2.05, 4.69) is 29.2 Å². The quantitative estimate of drug-likeness (QED) is 0.579. The molecule has 0 aliphatic carbocycles. The van der Waals surface area contributed by atoms with Gasteiger partial charge < -0.3 is 9.78 Å². The van der Waals surface area contributed by atoms with Crippen molar-refractivity contribution in [1.29, 1.82) is 0 Å². The van der Waals surface area contributed by atoms with Crippen LogP contribution < -0.4 is 0 Å². The number of carbonyl (C=O) groups excluding carboxylic acids is 1. The summed E-state index contributed by atoms with van der Waals surface area (Å²) in [6.45, 7) is 0. The maximum atomic E-state index is 10.2. The molecular formula is C12H13NO. The van der Waals surface area contributed by atoms with E-state index in [9.17, 15) is 4.79 Å². The van der Waals surface area contributed by atoms with Gasteiger partial charge in [0.15, 0.2) is 0 Å². The molecule has 2 heteroatoms. The summed E-state index contributed by atoms with van der Waals surface area (Å²) < 4.78 is 0. The van der Waals surface area contributed by atoms with Crippen molar-refractivity contribution in [3.8, 4) is 0 Å². The van der Waals surface area contributed by atoms with E-state index < -0.39 is 0 Å². The average molecular weight is 187 g/mol. The van der Waals surface area contributed by atoms with Gasteiger partial charge in [-0.2, -0.15) is 0 Å². The van der Waals surface area contributed by atoms with Gasteiger partial charge in [-0.1, -0.05) is 12.1 Å². The molecule has 0 saturated carbocycles. The largest absolute Gasteiger partial charge is 0.361 e. The van der Waals surface area contributed by atoms with Crippen LogP contribution in [0.15, 0.2) is 30.5 Å². The second kappa shape index (κ2) is 4.09. The summed E-state index contributed by atoms with van der Waals surface area (Å²) in [6.07, 6.45) is 5.50. The van der Waals surface area contributed by atoms with Crippen molar-refractivity contribution in [3.05, 3.63) is 36.0 Å². The predicted octanol–water partition coefficient (Wildman–Crippen LogP) is 2.69. The number of fused-ring (bicyclic) bond motifs is 1. The molecule has 0 atom stereocenters. The van der Waals surface area contributed by atoms with E-state index in [1.165, 1.54) is 16.5 Å². The zero-order valence-corrected chi connectivity index (χ0v) is 7.99. The smallest absolute Gasteiger partial charge is 0.120 e. The SMILES string of the molecule is O=CCCCc1ccc2cc[nH]c2c1. The second-order valence-corrected chi connectivity index (χ2v) is 3.46. The molecule has 0 fully saturated rings. The van der Waals surface area contributed by atoms with Gasteiger partial charge >= 0.3 is 0 Å². The Morgan fingerprint density at radius 3 is 3.07 bits per heavy atom. The fourth-order valence-corrected chi connectivity index (χ4v) is 1.64. The maximum absolute atomic E-state index is 10.2. The third kappa shape index (κ3) is 1.84. The minimum atomic E-state index is 0.656. The van der Waals surface area contributed by atoms with Crippen LogP contribution in [-0.4, -0.2) is 11.3 Å². The summed E-state index contributed by atoms with van der Waals surface area (Å²) in [4.78, 5) is 13.3. The van der Waals surface area contributed by atoms with Crippen LogP contribution in [0, 0.1) is 0 Å². The third-order valence-electron chi connectivity index (χ3n) is 2.41. The minimum Gasteiger partial charge on any atom is -0.361 e. The molecule has 0 aliphatic heterocycles. The Morgan fingerprint density at radius 2 is 2.21 bits per heavy atom. The van der Waals surface area contributed by atoms with Gasteiger partial charge in [-0.3, -0.25) is 0 Å². The monoisotopic (exact) mass is 187 g/mol. The van der Waals surface area contributed by atoms with E-state index in [0.717, 1.165) is 19.1 Å². The molecule has 0 unspecified atom stereocenters. The molecule has 1 aromatic carbocycles. The first kappa shape index (κ1) is 9.00. The molecular weight excluding hydrogens is 174 g/mol. The van der Waals surface area contributed by atoms with Crippen molar-refractivity contribution < 1.29 is 4.79 Å². The van der Waals surface area contributed by atoms with Crippen LogP contribution >= 0.6 is 0 Å². The Bertz CT molecular complexity index is 431. The van der Waals surface area contributed by atoms with Crippen LogP contribution in [0.3, 0.4) is 0 Å². The standard InChI is InChI=1S/C12H13NO/c14-8-2-1-3-10-4-5-11-6-7-13-12(11)9-10/h4-9,13H,1-3H2. The first-order valence-corrected chi connectivity index (χ1v) is 4.90. The van der Waals surface area contributed by atoms with Crippen LogP contribution in [0.4, 0.5) is 0 Å². The fourth-order valence-electron chi connectivity index (χ4n) is 1.64. The van der Waals surface area contributed by atoms with Gasteiger partial charge in [-0.05, 0) is 35.9 Å². The van der Waals surface area contributed by atoms with Gasteiger partial charge in [0.1, 0.15) is 6.29 Å². The zero-order valence-electron chi connectivity index (χ0n) is 7.99. The lowest BCUT2D eigenvalue weighted by Gasteiger charge is -1.99. The molecule has 0 saturated heterocycles. The van der Waals surface area contributed by atoms with Gasteiger partial charge in [0.2, 0.25) is 0 Å². The van der Waals surface area contributed by atoms with E-state index in [0.29, 0.717) is 6.42 Å². The first-order chi connectivity index (χ1) is 6.90. The Kier molecular flexibility index (Phi) is 2.63. The molecule has 14 heavy (non-hydrogen) atoms. The van der Waals surface area contributed by atoms with E-state index >= 15 is 0 Å². The van der Waals surface area contributed by atoms with Crippen molar-refractivity contribution in [2.24, 2.45) is 0 Å². The van der Waals surface area contributed by atoms with Gasteiger partial charge in [0.05, 0.1) is 0 Å². The third-order valence-corrected chi connectivity index (χ3v) is 2.41. The van der Waals surface area contributed by atoms with Crippen LogP contribution in [0.25, 0.3) is 10.9 Å². The molecule has 0 radical (unpaired) electrons. The van der Waals surface area contributed by atoms with Crippen LogP contribution in [-0.2, 0) is 11.2 Å². The van der Waals surface area contributed by atoms with Crippen LogP contribution in [0.1, 0.15) is 18.4 Å². The molecule has 2 nitrogen and oxygen atoms in total. The van der Waals surface area contributed by atoms with E-state index in [4.69, 9.17) is 0 Å². The Morgan fingerprint density at radius 1 is 1.29 bits per heavy atom. The Hall–Kier alpha value is -1.57. The second-order valence-electron chi connectivity index (χ2n) is 3.46. The van der Waals surface area contributed by atoms with Gasteiger partial charge in [-0.25, -0.2) is 0 Å². The Labute approximate surface area is 82.9 Å². The van der Waals surface area contributed by atoms with E-state index in [-0.39, 0.29) is 0 Å². The van der Waals surface area contributed by atoms with Crippen LogP contribution in [0.5, 0.6) is 0 Å². The molecule has 1 heterocycles. The van der Waals surface area contributed by atoms with E-state index in [1.807, 2.05) is 6.20 Å². The van der Waals surface area contributed by atoms with Crippen LogP contribution in [0.2, 0.25) is 0 Å². The normalized spacial score (nSPS) is 10.6. The van der Waals surface area contributed by atoms with Gasteiger partial charge in [-0.15, -0.1) is 0 Å². The fraction of sp³-hybridized carbons (Fsp3) is 0.250. The summed E-state index contributed by atoms with van der Waals surface area (Å²) >= 11 is 0. The highest BCUT2D eigenvalue weighted by atomic mass is 16.1. The number of carbonyl (C=O) groups is 1. The highest BCUT2D eigenvalue weighted by Crippen LogP contribution is 2.15. The Balaban J connectivity index is 2.13. The molecule has 72 valence electrons. The summed E-state index contributed by atoms with van der Waals surface area (Å²) in [5.74, 6) is 0. The number of aryl methyl sites for hydroxylation is 1. The van der Waals surface area contributed by atoms with Crippen molar-refractivity contribution in [2.45, 2.75) is 19.3 Å². The van der Waals surface area contributed by atoms with Gasteiger partial charge in [0.25, 0.3) is 0 Å². The molecule has 0 spiro atoms. The number of hydrogen-bond donors (Lipinski definition) is 1.